The van der Waals surface area contributed by atoms with Gasteiger partial charge in [0, 0.05) is 5.54 Å². The quantitative estimate of drug-likeness (QED) is 0.868. The molecule has 0 atom stereocenters. The summed E-state index contributed by atoms with van der Waals surface area (Å²) in [5, 5.41) is 9.08. The zero-order chi connectivity index (χ0) is 17.3. The molecule has 0 amide bonds. The molecule has 0 heterocycles. The van der Waals surface area contributed by atoms with E-state index in [0.717, 1.165) is 6.07 Å². The minimum atomic E-state index is -3.82. The van der Waals surface area contributed by atoms with Gasteiger partial charge in [0.1, 0.15) is 5.82 Å². The summed E-state index contributed by atoms with van der Waals surface area (Å²) >= 11 is 0. The number of rotatable bonds is 5. The molecule has 22 heavy (non-hydrogen) atoms. The molecule has 0 unspecified atom stereocenters. The number of carboxylic acids is 1. The molecule has 0 aliphatic rings. The third-order valence-corrected chi connectivity index (χ3v) is 4.74. The highest BCUT2D eigenvalue weighted by Crippen LogP contribution is 2.25. The van der Waals surface area contributed by atoms with Crippen molar-refractivity contribution in [2.45, 2.75) is 51.5 Å². The minimum Gasteiger partial charge on any atom is -0.481 e. The first kappa shape index (κ1) is 18.6. The molecule has 1 aromatic rings. The predicted octanol–water partition coefficient (Wildman–Crippen LogP) is 2.56. The number of sulfonamides is 1. The highest BCUT2D eigenvalue weighted by Gasteiger charge is 2.29. The van der Waals surface area contributed by atoms with E-state index in [1.54, 1.807) is 20.8 Å². The predicted molar refractivity (Wildman–Crippen MR) is 81.6 cm³/mol. The average molecular weight is 331 g/mol. The number of nitrogens with one attached hydrogen (secondary N) is 1. The van der Waals surface area contributed by atoms with Crippen LogP contribution in [0.5, 0.6) is 0 Å². The number of aliphatic carboxylic acids is 1. The molecule has 0 aliphatic carbocycles. The van der Waals surface area contributed by atoms with Crippen LogP contribution in [0.1, 0.15) is 40.2 Å². The first-order valence-electron chi connectivity index (χ1n) is 6.80. The molecule has 2 N–H and O–H groups in total. The molecule has 0 saturated carbocycles. The molecular formula is C15H22FNO4S. The van der Waals surface area contributed by atoms with Crippen LogP contribution in [0.2, 0.25) is 0 Å². The van der Waals surface area contributed by atoms with Crippen molar-refractivity contribution < 1.29 is 22.7 Å². The second-order valence-electron chi connectivity index (χ2n) is 6.97. The lowest BCUT2D eigenvalue weighted by atomic mass is 9.86. The third-order valence-electron chi connectivity index (χ3n) is 2.99. The number of carbonyl (C=O) groups is 1. The van der Waals surface area contributed by atoms with Gasteiger partial charge in [-0.05, 0) is 58.7 Å². The maximum absolute atomic E-state index is 14.1. The van der Waals surface area contributed by atoms with Crippen molar-refractivity contribution in [2.24, 2.45) is 5.41 Å². The van der Waals surface area contributed by atoms with E-state index in [-0.39, 0.29) is 16.9 Å². The van der Waals surface area contributed by atoms with Crippen LogP contribution < -0.4 is 4.72 Å². The van der Waals surface area contributed by atoms with Crippen molar-refractivity contribution >= 4 is 16.0 Å². The van der Waals surface area contributed by atoms with Crippen molar-refractivity contribution in [2.75, 3.05) is 0 Å². The van der Waals surface area contributed by atoms with Gasteiger partial charge < -0.3 is 5.11 Å². The fraction of sp³-hybridized carbons (Fsp3) is 0.533. The van der Waals surface area contributed by atoms with Crippen molar-refractivity contribution in [1.82, 2.24) is 4.72 Å². The second-order valence-corrected chi connectivity index (χ2v) is 8.66. The summed E-state index contributed by atoms with van der Waals surface area (Å²) in [5.41, 5.74) is -1.65. The summed E-state index contributed by atoms with van der Waals surface area (Å²) < 4.78 is 40.8. The number of carboxylic acid groups (broad SMARTS) is 1. The molecule has 0 bridgehead atoms. The van der Waals surface area contributed by atoms with Crippen molar-refractivity contribution in [3.63, 3.8) is 0 Å². The van der Waals surface area contributed by atoms with Gasteiger partial charge in [0.25, 0.3) is 0 Å². The Bertz CT molecular complexity index is 675. The zero-order valence-corrected chi connectivity index (χ0v) is 14.2. The van der Waals surface area contributed by atoms with Crippen molar-refractivity contribution in [1.29, 1.82) is 0 Å². The number of halogens is 1. The number of hydrogen-bond acceptors (Lipinski definition) is 3. The van der Waals surface area contributed by atoms with Gasteiger partial charge in [-0.2, -0.15) is 0 Å². The van der Waals surface area contributed by atoms with E-state index >= 15 is 0 Å². The van der Waals surface area contributed by atoms with Gasteiger partial charge >= 0.3 is 5.97 Å². The summed E-state index contributed by atoms with van der Waals surface area (Å²) in [6.45, 7) is 8.03. The standard InChI is InChI=1S/C15H22FNO4S/c1-14(2,3)17-22(20,21)11-7-6-10(12(16)8-11)9-15(4,5)13(18)19/h6-8,17H,9H2,1-5H3,(H,18,19). The lowest BCUT2D eigenvalue weighted by molar-refractivity contribution is -0.146. The molecule has 1 aromatic carbocycles. The van der Waals surface area contributed by atoms with Crippen LogP contribution in [-0.4, -0.2) is 25.0 Å². The maximum Gasteiger partial charge on any atom is 0.309 e. The fourth-order valence-corrected chi connectivity index (χ4v) is 3.28. The van der Waals surface area contributed by atoms with Crippen LogP contribution in [-0.2, 0) is 21.2 Å². The van der Waals surface area contributed by atoms with Crippen LogP contribution in [0, 0.1) is 11.2 Å². The molecule has 0 saturated heterocycles. The van der Waals surface area contributed by atoms with Crippen molar-refractivity contribution in [3.05, 3.63) is 29.6 Å². The number of hydrogen-bond donors (Lipinski definition) is 2. The Labute approximate surface area is 130 Å². The smallest absolute Gasteiger partial charge is 0.309 e. The summed E-state index contributed by atoms with van der Waals surface area (Å²) in [6.07, 6.45) is -0.0266. The van der Waals surface area contributed by atoms with E-state index in [9.17, 15) is 17.6 Å². The lowest BCUT2D eigenvalue weighted by Crippen LogP contribution is -2.40. The average Bonchev–Trinajstić information content (AvgIpc) is 2.28. The van der Waals surface area contributed by atoms with E-state index in [4.69, 9.17) is 5.11 Å². The van der Waals surface area contributed by atoms with E-state index in [0.29, 0.717) is 0 Å². The molecule has 0 aromatic heterocycles. The molecule has 0 radical (unpaired) electrons. The van der Waals surface area contributed by atoms with Crippen LogP contribution in [0.3, 0.4) is 0 Å². The first-order valence-corrected chi connectivity index (χ1v) is 8.29. The monoisotopic (exact) mass is 331 g/mol. The largest absolute Gasteiger partial charge is 0.481 e. The molecule has 7 heteroatoms. The molecule has 5 nitrogen and oxygen atoms in total. The highest BCUT2D eigenvalue weighted by molar-refractivity contribution is 7.89. The van der Waals surface area contributed by atoms with Gasteiger partial charge in [0.05, 0.1) is 10.3 Å². The van der Waals surface area contributed by atoms with Gasteiger partial charge in [-0.25, -0.2) is 17.5 Å². The highest BCUT2D eigenvalue weighted by atomic mass is 32.2. The molecule has 0 fully saturated rings. The fourth-order valence-electron chi connectivity index (χ4n) is 1.85. The Morgan fingerprint density at radius 2 is 1.77 bits per heavy atom. The normalized spacial score (nSPS) is 13.2. The first-order chi connectivity index (χ1) is 9.74. The van der Waals surface area contributed by atoms with Crippen LogP contribution in [0.25, 0.3) is 0 Å². The molecule has 0 spiro atoms. The summed E-state index contributed by atoms with van der Waals surface area (Å²) in [6, 6.07) is 3.52. The zero-order valence-electron chi connectivity index (χ0n) is 13.4. The summed E-state index contributed by atoms with van der Waals surface area (Å²) in [5.74, 6) is -1.77. The topological polar surface area (TPSA) is 83.5 Å². The lowest BCUT2D eigenvalue weighted by Gasteiger charge is -2.21. The molecule has 124 valence electrons. The maximum atomic E-state index is 14.1. The van der Waals surface area contributed by atoms with Gasteiger partial charge in [-0.15, -0.1) is 0 Å². The van der Waals surface area contributed by atoms with Gasteiger partial charge in [0.15, 0.2) is 0 Å². The van der Waals surface area contributed by atoms with Crippen LogP contribution in [0.4, 0.5) is 4.39 Å². The molecule has 0 aliphatic heterocycles. The minimum absolute atomic E-state index is 0.0266. The van der Waals surface area contributed by atoms with Gasteiger partial charge in [-0.1, -0.05) is 6.07 Å². The van der Waals surface area contributed by atoms with E-state index in [2.05, 4.69) is 4.72 Å². The molecule has 1 rings (SSSR count). The Morgan fingerprint density at radius 1 is 1.23 bits per heavy atom. The van der Waals surface area contributed by atoms with Crippen molar-refractivity contribution in [3.8, 4) is 0 Å². The summed E-state index contributed by atoms with van der Waals surface area (Å²) in [7, 11) is -3.82. The van der Waals surface area contributed by atoms with Crippen LogP contribution >= 0.6 is 0 Å². The SMILES string of the molecule is CC(C)(C)NS(=O)(=O)c1ccc(CC(C)(C)C(=O)O)c(F)c1. The third kappa shape index (κ3) is 4.78. The van der Waals surface area contributed by atoms with E-state index < -0.39 is 32.8 Å². The second kappa shape index (κ2) is 5.96. The van der Waals surface area contributed by atoms with Gasteiger partial charge in [0.2, 0.25) is 10.0 Å². The van der Waals surface area contributed by atoms with Gasteiger partial charge in [-0.3, -0.25) is 4.79 Å². The summed E-state index contributed by atoms with van der Waals surface area (Å²) in [4.78, 5) is 10.9. The Hall–Kier alpha value is -1.47. The Kier molecular flexibility index (Phi) is 5.04. The van der Waals surface area contributed by atoms with Crippen LogP contribution in [0.15, 0.2) is 23.1 Å². The Morgan fingerprint density at radius 3 is 2.18 bits per heavy atom. The van der Waals surface area contributed by atoms with E-state index in [1.165, 1.54) is 26.0 Å². The molecular weight excluding hydrogens is 309 g/mol. The number of benzene rings is 1. The Balaban J connectivity index is 3.12. The van der Waals surface area contributed by atoms with E-state index in [1.807, 2.05) is 0 Å².